The first kappa shape index (κ1) is 25.2. The number of phenolic OH excluding ortho intramolecular Hbond substituents is 1. The van der Waals surface area contributed by atoms with Gasteiger partial charge in [-0.2, -0.15) is 0 Å². The molecule has 0 aromatic heterocycles. The number of anilines is 1. The number of ether oxygens (including phenoxy) is 1. The van der Waals surface area contributed by atoms with E-state index in [4.69, 9.17) is 4.74 Å². The molecule has 192 valence electrons. The molecule has 0 spiro atoms. The number of Topliss-reactive ketones (excluding diaryl/α,β-unsaturated/α-hetero) is 1. The molecule has 9 heteroatoms. The van der Waals surface area contributed by atoms with Gasteiger partial charge in [-0.25, -0.2) is 0 Å². The van der Waals surface area contributed by atoms with E-state index in [-0.39, 0.29) is 45.6 Å². The molecule has 1 aliphatic heterocycles. The Balaban J connectivity index is 1.52. The lowest BCUT2D eigenvalue weighted by Gasteiger charge is -2.42. The molecule has 0 unspecified atom stereocenters. The van der Waals surface area contributed by atoms with Gasteiger partial charge in [0, 0.05) is 32.3 Å². The summed E-state index contributed by atoms with van der Waals surface area (Å²) in [4.78, 5) is 55.4. The molecule has 4 atom stereocenters. The number of imide groups is 1. The predicted molar refractivity (Wildman–Crippen MR) is 151 cm³/mol. The van der Waals surface area contributed by atoms with Gasteiger partial charge in [-0.1, -0.05) is 17.7 Å². The number of hydrogen-bond donors (Lipinski definition) is 1. The van der Waals surface area contributed by atoms with E-state index in [2.05, 4.69) is 38.5 Å². The Kier molecular flexibility index (Phi) is 6.18. The van der Waals surface area contributed by atoms with Crippen LogP contribution in [0.2, 0.25) is 0 Å². The zero-order valence-corrected chi connectivity index (χ0v) is 23.9. The molecule has 1 heterocycles. The fourth-order valence-corrected chi connectivity index (χ4v) is 7.19. The van der Waals surface area contributed by atoms with Gasteiger partial charge in [0.25, 0.3) is 0 Å². The minimum atomic E-state index is -0.788. The number of rotatable bonds is 3. The van der Waals surface area contributed by atoms with Crippen LogP contribution in [0.25, 0.3) is 0 Å². The molecule has 0 saturated carbocycles. The number of carbonyl (C=O) groups is 4. The Bertz CT molecular complexity index is 1540. The molecule has 0 bridgehead atoms. The van der Waals surface area contributed by atoms with Gasteiger partial charge in [0.15, 0.2) is 11.6 Å². The number of phenols is 1. The van der Waals surface area contributed by atoms with Crippen LogP contribution in [0.15, 0.2) is 75.8 Å². The number of fused-ring (bicyclic) bond motifs is 3. The average Bonchev–Trinajstić information content (AvgIpc) is 3.16. The van der Waals surface area contributed by atoms with Crippen molar-refractivity contribution in [3.63, 3.8) is 0 Å². The van der Waals surface area contributed by atoms with E-state index in [9.17, 15) is 24.3 Å². The minimum Gasteiger partial charge on any atom is -0.507 e. The second-order valence-corrected chi connectivity index (χ2v) is 11.9. The van der Waals surface area contributed by atoms with Gasteiger partial charge < -0.3 is 9.84 Å². The van der Waals surface area contributed by atoms with Gasteiger partial charge >= 0.3 is 0 Å². The molecule has 2 amide bonds. The van der Waals surface area contributed by atoms with Crippen LogP contribution in [0.3, 0.4) is 0 Å². The lowest BCUT2D eigenvalue weighted by atomic mass is 9.59. The van der Waals surface area contributed by atoms with Crippen molar-refractivity contribution >= 4 is 67.6 Å². The van der Waals surface area contributed by atoms with E-state index >= 15 is 0 Å². The first-order valence-corrected chi connectivity index (χ1v) is 14.0. The lowest BCUT2D eigenvalue weighted by Crippen LogP contribution is -2.39. The molecule has 4 aliphatic rings. The van der Waals surface area contributed by atoms with Crippen molar-refractivity contribution in [2.75, 3.05) is 12.0 Å². The summed E-state index contributed by atoms with van der Waals surface area (Å²) in [5.41, 5.74) is 2.22. The Morgan fingerprint density at radius 1 is 1.03 bits per heavy atom. The number of ketones is 2. The summed E-state index contributed by atoms with van der Waals surface area (Å²) in [6, 6.07) is 12.0. The molecule has 7 nitrogen and oxygen atoms in total. The normalized spacial score (nSPS) is 26.6. The summed E-state index contributed by atoms with van der Waals surface area (Å²) >= 11 is 5.39. The van der Waals surface area contributed by atoms with Gasteiger partial charge in [-0.3, -0.25) is 24.1 Å². The zero-order chi connectivity index (χ0) is 26.9. The van der Waals surface area contributed by atoms with Crippen molar-refractivity contribution in [3.05, 3.63) is 85.0 Å². The number of nitrogens with zero attached hydrogens (tertiary/aromatic N) is 1. The number of carbonyl (C=O) groups excluding carboxylic acids is 4. The summed E-state index contributed by atoms with van der Waals surface area (Å²) in [6.45, 7) is 0. The van der Waals surface area contributed by atoms with Crippen LogP contribution in [0.4, 0.5) is 5.69 Å². The predicted octanol–water partition coefficient (Wildman–Crippen LogP) is 4.97. The molecular weight excluding hydrogens is 665 g/mol. The van der Waals surface area contributed by atoms with E-state index in [1.165, 1.54) is 24.2 Å². The maximum atomic E-state index is 13.9. The maximum absolute atomic E-state index is 13.9. The van der Waals surface area contributed by atoms with Gasteiger partial charge in [0.1, 0.15) is 11.5 Å². The Morgan fingerprint density at radius 2 is 1.76 bits per heavy atom. The van der Waals surface area contributed by atoms with Crippen LogP contribution in [-0.2, 0) is 19.2 Å². The van der Waals surface area contributed by atoms with Crippen LogP contribution in [0.1, 0.15) is 24.3 Å². The summed E-state index contributed by atoms with van der Waals surface area (Å²) in [5.74, 6) is -3.49. The first-order valence-electron chi connectivity index (χ1n) is 12.1. The number of aromatic hydroxyl groups is 1. The van der Waals surface area contributed by atoms with E-state index in [1.807, 2.05) is 18.2 Å². The van der Waals surface area contributed by atoms with Crippen LogP contribution >= 0.6 is 38.5 Å². The first-order chi connectivity index (χ1) is 18.2. The largest absolute Gasteiger partial charge is 0.507 e. The number of benzene rings is 2. The SMILES string of the molecule is COc1cccc(O)c1[C@H]1C2=CC[C@@H]3C(=O)N(c4ccc(I)cc4)C(=O)[C@@H]3[C@@H]2CC2=C1C(=O)C=C(Br)C2=O. The van der Waals surface area contributed by atoms with E-state index in [1.54, 1.807) is 24.3 Å². The highest BCUT2D eigenvalue weighted by Gasteiger charge is 2.57. The van der Waals surface area contributed by atoms with Crippen LogP contribution < -0.4 is 9.64 Å². The molecule has 1 N–H and O–H groups in total. The third-order valence-corrected chi connectivity index (χ3v) is 9.28. The minimum absolute atomic E-state index is 0.0759. The third-order valence-electron chi connectivity index (χ3n) is 7.97. The quantitative estimate of drug-likeness (QED) is 0.212. The molecule has 1 saturated heterocycles. The Labute approximate surface area is 240 Å². The summed E-state index contributed by atoms with van der Waals surface area (Å²) in [6.07, 6.45) is 3.65. The molecule has 6 rings (SSSR count). The van der Waals surface area contributed by atoms with E-state index < -0.39 is 23.7 Å². The van der Waals surface area contributed by atoms with Crippen molar-refractivity contribution in [3.8, 4) is 11.5 Å². The van der Waals surface area contributed by atoms with Crippen molar-refractivity contribution < 1.29 is 29.0 Å². The highest BCUT2D eigenvalue weighted by molar-refractivity contribution is 14.1. The van der Waals surface area contributed by atoms with E-state index in [0.717, 1.165) is 9.14 Å². The number of halogens is 2. The van der Waals surface area contributed by atoms with Crippen molar-refractivity contribution in [2.24, 2.45) is 17.8 Å². The third kappa shape index (κ3) is 3.65. The topological polar surface area (TPSA) is 101 Å². The maximum Gasteiger partial charge on any atom is 0.238 e. The Morgan fingerprint density at radius 3 is 2.47 bits per heavy atom. The molecular formula is C29H21BrINO6. The smallest absolute Gasteiger partial charge is 0.238 e. The van der Waals surface area contributed by atoms with Gasteiger partial charge in [0.2, 0.25) is 11.8 Å². The van der Waals surface area contributed by atoms with E-state index in [0.29, 0.717) is 29.0 Å². The summed E-state index contributed by atoms with van der Waals surface area (Å²) < 4.78 is 6.71. The molecule has 2 aromatic carbocycles. The Hall–Kier alpha value is -3.05. The number of methoxy groups -OCH3 is 1. The second-order valence-electron chi connectivity index (χ2n) is 9.77. The van der Waals surface area contributed by atoms with Crippen molar-refractivity contribution in [1.82, 2.24) is 0 Å². The van der Waals surface area contributed by atoms with Crippen molar-refractivity contribution in [1.29, 1.82) is 0 Å². The van der Waals surface area contributed by atoms with Crippen molar-refractivity contribution in [2.45, 2.75) is 18.8 Å². The van der Waals surface area contributed by atoms with Gasteiger partial charge in [-0.15, -0.1) is 0 Å². The molecule has 2 aromatic rings. The fourth-order valence-electron chi connectivity index (χ4n) is 6.38. The summed E-state index contributed by atoms with van der Waals surface area (Å²) in [7, 11) is 1.47. The lowest BCUT2D eigenvalue weighted by molar-refractivity contribution is -0.123. The molecule has 3 aliphatic carbocycles. The molecule has 38 heavy (non-hydrogen) atoms. The molecule has 0 radical (unpaired) electrons. The average molecular weight is 686 g/mol. The monoisotopic (exact) mass is 685 g/mol. The number of amides is 2. The molecule has 1 fully saturated rings. The van der Waals surface area contributed by atoms with Crippen LogP contribution in [0, 0.1) is 21.3 Å². The highest BCUT2D eigenvalue weighted by Crippen LogP contribution is 2.57. The fraction of sp³-hybridized carbons (Fsp3) is 0.241. The standard InChI is InChI=1S/C29H21BrINO6/c1-38-22-4-2-3-20(33)26(22)25-15-9-10-16-23(17(15)11-18-24(25)21(34)12-19(30)27(18)35)29(37)32(28(16)36)14-7-5-13(31)6-8-14/h2-9,12,16-17,23,25,33H,10-11H2,1H3/t16-,17+,23-,25-/m0/s1. The number of allylic oxidation sites excluding steroid dienone is 6. The number of hydrogen-bond acceptors (Lipinski definition) is 6. The highest BCUT2D eigenvalue weighted by atomic mass is 127. The second kappa shape index (κ2) is 9.30. The van der Waals surface area contributed by atoms with Gasteiger partial charge in [0.05, 0.1) is 29.1 Å². The van der Waals surface area contributed by atoms with Crippen LogP contribution in [-0.4, -0.2) is 35.6 Å². The van der Waals surface area contributed by atoms with Crippen LogP contribution in [0.5, 0.6) is 11.5 Å². The zero-order valence-electron chi connectivity index (χ0n) is 20.1. The van der Waals surface area contributed by atoms with Gasteiger partial charge in [-0.05, 0) is 93.7 Å². The summed E-state index contributed by atoms with van der Waals surface area (Å²) in [5, 5.41) is 11.0.